The maximum absolute atomic E-state index is 12.4. The van der Waals surface area contributed by atoms with Gasteiger partial charge in [0.25, 0.3) is 0 Å². The fourth-order valence-electron chi connectivity index (χ4n) is 3.68. The van der Waals surface area contributed by atoms with Crippen molar-refractivity contribution in [3.05, 3.63) is 45.9 Å². The second kappa shape index (κ2) is 9.16. The number of imidazole rings is 1. The van der Waals surface area contributed by atoms with Crippen LogP contribution in [0.5, 0.6) is 0 Å². The molecule has 1 amide bonds. The van der Waals surface area contributed by atoms with Crippen molar-refractivity contribution in [2.45, 2.75) is 26.4 Å². The lowest BCUT2D eigenvalue weighted by Crippen LogP contribution is -2.50. The van der Waals surface area contributed by atoms with E-state index in [9.17, 15) is 9.59 Å². The molecule has 1 aliphatic heterocycles. The fourth-order valence-corrected chi connectivity index (χ4v) is 4.17. The van der Waals surface area contributed by atoms with E-state index in [1.807, 2.05) is 51.1 Å². The molecule has 2 aromatic heterocycles. The first-order valence-electron chi connectivity index (χ1n) is 10.6. The normalized spacial score (nSPS) is 14.5. The third-order valence-corrected chi connectivity index (χ3v) is 6.04. The second-order valence-corrected chi connectivity index (χ2v) is 9.86. The first-order valence-corrected chi connectivity index (χ1v) is 11.7. The van der Waals surface area contributed by atoms with Crippen LogP contribution in [-0.2, 0) is 9.47 Å². The van der Waals surface area contributed by atoms with Gasteiger partial charge in [-0.3, -0.25) is 0 Å². The Labute approximate surface area is 205 Å². The number of benzene rings is 1. The minimum Gasteiger partial charge on any atom is -0.464 e. The van der Waals surface area contributed by atoms with E-state index in [2.05, 4.69) is 37.6 Å². The Hall–Kier alpha value is -2.89. The molecule has 0 unspecified atom stereocenters. The van der Waals surface area contributed by atoms with E-state index in [0.717, 1.165) is 15.0 Å². The molecule has 1 fully saturated rings. The predicted octanol–water partition coefficient (Wildman–Crippen LogP) is 3.84. The zero-order valence-corrected chi connectivity index (χ0v) is 21.2. The monoisotopic (exact) mass is 563 g/mol. The maximum Gasteiger partial charge on any atom is 0.410 e. The zero-order chi connectivity index (χ0) is 23.8. The average molecular weight is 563 g/mol. The smallest absolute Gasteiger partial charge is 0.410 e. The van der Waals surface area contributed by atoms with E-state index in [4.69, 9.17) is 9.47 Å². The minimum absolute atomic E-state index is 0.236. The number of methoxy groups -OCH3 is 1. The lowest BCUT2D eigenvalue weighted by Gasteiger charge is -2.36. The number of carbonyl (C=O) groups is 2. The van der Waals surface area contributed by atoms with E-state index in [0.29, 0.717) is 37.4 Å². The summed E-state index contributed by atoms with van der Waals surface area (Å²) in [5.41, 5.74) is 2.95. The number of nitrogens with zero attached hydrogens (tertiary/aromatic N) is 5. The Bertz CT molecular complexity index is 1180. The quantitative estimate of drug-likeness (QED) is 0.354. The van der Waals surface area contributed by atoms with Crippen molar-refractivity contribution in [2.24, 2.45) is 0 Å². The van der Waals surface area contributed by atoms with E-state index < -0.39 is 11.6 Å². The average Bonchev–Trinajstić information content (AvgIpc) is 3.16. The molecule has 0 N–H and O–H groups in total. The van der Waals surface area contributed by atoms with Crippen LogP contribution in [-0.4, -0.2) is 70.5 Å². The van der Waals surface area contributed by atoms with Crippen LogP contribution in [0.2, 0.25) is 0 Å². The highest BCUT2D eigenvalue weighted by Crippen LogP contribution is 2.28. The van der Waals surface area contributed by atoms with Gasteiger partial charge in [0, 0.05) is 37.4 Å². The summed E-state index contributed by atoms with van der Waals surface area (Å²) >= 11 is 2.12. The van der Waals surface area contributed by atoms with Gasteiger partial charge in [0.05, 0.1) is 13.3 Å². The number of anilines is 1. The van der Waals surface area contributed by atoms with Crippen molar-refractivity contribution < 1.29 is 19.1 Å². The summed E-state index contributed by atoms with van der Waals surface area (Å²) < 4.78 is 12.9. The van der Waals surface area contributed by atoms with Crippen LogP contribution in [0.4, 0.5) is 10.5 Å². The third-order valence-electron chi connectivity index (χ3n) is 5.30. The molecule has 174 valence electrons. The highest BCUT2D eigenvalue weighted by atomic mass is 127. The summed E-state index contributed by atoms with van der Waals surface area (Å²) in [6.45, 7) is 8.24. The Morgan fingerprint density at radius 1 is 1.06 bits per heavy atom. The van der Waals surface area contributed by atoms with Crippen molar-refractivity contribution in [1.82, 2.24) is 19.5 Å². The Morgan fingerprint density at radius 3 is 2.33 bits per heavy atom. The lowest BCUT2D eigenvalue weighted by molar-refractivity contribution is 0.0240. The van der Waals surface area contributed by atoms with Gasteiger partial charge in [-0.25, -0.2) is 19.1 Å². The molecule has 0 radical (unpaired) electrons. The molecule has 33 heavy (non-hydrogen) atoms. The molecule has 1 aliphatic rings. The lowest BCUT2D eigenvalue weighted by atomic mass is 10.0. The maximum atomic E-state index is 12.4. The molecule has 0 bridgehead atoms. The van der Waals surface area contributed by atoms with Gasteiger partial charge in [0.1, 0.15) is 9.30 Å². The molecule has 0 saturated carbocycles. The third kappa shape index (κ3) is 5.05. The van der Waals surface area contributed by atoms with Crippen molar-refractivity contribution >= 4 is 46.0 Å². The number of amides is 1. The number of halogens is 1. The number of piperazine rings is 1. The van der Waals surface area contributed by atoms with Gasteiger partial charge < -0.3 is 19.3 Å². The molecule has 1 aromatic carbocycles. The predicted molar refractivity (Wildman–Crippen MR) is 132 cm³/mol. The van der Waals surface area contributed by atoms with Crippen LogP contribution in [0.3, 0.4) is 0 Å². The number of hydrogen-bond donors (Lipinski definition) is 0. The summed E-state index contributed by atoms with van der Waals surface area (Å²) in [7, 11) is 1.34. The molecule has 4 rings (SSSR count). The van der Waals surface area contributed by atoms with E-state index in [1.54, 1.807) is 15.6 Å². The molecule has 1 saturated heterocycles. The van der Waals surface area contributed by atoms with Crippen LogP contribution in [0.25, 0.3) is 16.8 Å². The van der Waals surface area contributed by atoms with E-state index in [1.165, 1.54) is 7.11 Å². The molecular weight excluding hydrogens is 537 g/mol. The van der Waals surface area contributed by atoms with Gasteiger partial charge in [0.2, 0.25) is 0 Å². The van der Waals surface area contributed by atoms with E-state index >= 15 is 0 Å². The number of hydrogen-bond acceptors (Lipinski definition) is 7. The molecule has 0 aliphatic carbocycles. The zero-order valence-electron chi connectivity index (χ0n) is 19.0. The first kappa shape index (κ1) is 23.3. The first-order chi connectivity index (χ1) is 15.7. The molecule has 9 nitrogen and oxygen atoms in total. The number of carbonyl (C=O) groups excluding carboxylic acids is 2. The van der Waals surface area contributed by atoms with Crippen LogP contribution in [0.15, 0.2) is 36.5 Å². The van der Waals surface area contributed by atoms with Crippen molar-refractivity contribution in [1.29, 1.82) is 0 Å². The van der Waals surface area contributed by atoms with Gasteiger partial charge in [-0.2, -0.15) is 5.10 Å². The SMILES string of the molecule is COC(=O)c1nn2c(I)cnc2cc1-c1ccc(N2CCN(C(=O)OC(C)(C)C)CC2)cc1. The van der Waals surface area contributed by atoms with Crippen molar-refractivity contribution in [3.63, 3.8) is 0 Å². The summed E-state index contributed by atoms with van der Waals surface area (Å²) in [6.07, 6.45) is 1.43. The molecule has 3 aromatic rings. The molecule has 0 spiro atoms. The summed E-state index contributed by atoms with van der Waals surface area (Å²) in [5.74, 6) is -0.501. The van der Waals surface area contributed by atoms with Gasteiger partial charge in [-0.05, 0) is 67.1 Å². The highest BCUT2D eigenvalue weighted by molar-refractivity contribution is 14.1. The van der Waals surface area contributed by atoms with Crippen molar-refractivity contribution in [3.8, 4) is 11.1 Å². The molecule has 10 heteroatoms. The molecule has 3 heterocycles. The van der Waals surface area contributed by atoms with Gasteiger partial charge in [0.15, 0.2) is 11.3 Å². The van der Waals surface area contributed by atoms with Crippen molar-refractivity contribution in [2.75, 3.05) is 38.2 Å². The molecule has 0 atom stereocenters. The Morgan fingerprint density at radius 2 is 1.73 bits per heavy atom. The standard InChI is InChI=1S/C23H26IN5O4/c1-23(2,3)33-22(31)28-11-9-27(10-12-28)16-7-5-15(6-8-16)17-13-19-25-14-18(24)29(19)26-20(17)21(30)32-4/h5-8,13-14H,9-12H2,1-4H3. The van der Waals surface area contributed by atoms with Crippen LogP contribution >= 0.6 is 22.6 Å². The Kier molecular flexibility index (Phi) is 6.46. The minimum atomic E-state index is -0.501. The topological polar surface area (TPSA) is 89.3 Å². The van der Waals surface area contributed by atoms with Gasteiger partial charge >= 0.3 is 12.1 Å². The highest BCUT2D eigenvalue weighted by Gasteiger charge is 2.26. The summed E-state index contributed by atoms with van der Waals surface area (Å²) in [5, 5.41) is 4.46. The Balaban J connectivity index is 1.52. The summed E-state index contributed by atoms with van der Waals surface area (Å²) in [6, 6.07) is 9.79. The van der Waals surface area contributed by atoms with Crippen LogP contribution < -0.4 is 4.90 Å². The number of aromatic nitrogens is 3. The molecular formula is C23H26IN5O4. The summed E-state index contributed by atoms with van der Waals surface area (Å²) in [4.78, 5) is 33.0. The van der Waals surface area contributed by atoms with Crippen LogP contribution in [0, 0.1) is 3.70 Å². The number of rotatable bonds is 3. The van der Waals surface area contributed by atoms with Gasteiger partial charge in [-0.1, -0.05) is 12.1 Å². The van der Waals surface area contributed by atoms with Gasteiger partial charge in [-0.15, -0.1) is 0 Å². The van der Waals surface area contributed by atoms with E-state index in [-0.39, 0.29) is 11.8 Å². The second-order valence-electron chi connectivity index (χ2n) is 8.75. The number of esters is 1. The number of fused-ring (bicyclic) bond motifs is 1. The fraction of sp³-hybridized carbons (Fsp3) is 0.391. The number of ether oxygens (including phenoxy) is 2. The largest absolute Gasteiger partial charge is 0.464 e. The van der Waals surface area contributed by atoms with Crippen LogP contribution in [0.1, 0.15) is 31.3 Å².